The molecule has 4 nitrogen and oxygen atoms in total. The summed E-state index contributed by atoms with van der Waals surface area (Å²) in [6.07, 6.45) is -4.37. The van der Waals surface area contributed by atoms with Crippen LogP contribution in [0.2, 0.25) is 0 Å². The molecule has 0 radical (unpaired) electrons. The summed E-state index contributed by atoms with van der Waals surface area (Å²) in [6.45, 7) is 0. The molecular weight excluding hydrogens is 289 g/mol. The highest BCUT2D eigenvalue weighted by atomic mass is 32.1. The number of fused-ring (bicyclic) bond motifs is 1. The van der Waals surface area contributed by atoms with Gasteiger partial charge in [0.1, 0.15) is 11.8 Å². The number of aromatic amines is 1. The van der Waals surface area contributed by atoms with Gasteiger partial charge in [0.2, 0.25) is 0 Å². The molecule has 0 aliphatic carbocycles. The van der Waals surface area contributed by atoms with E-state index in [4.69, 9.17) is 5.26 Å². The highest BCUT2D eigenvalue weighted by molar-refractivity contribution is 7.22. The van der Waals surface area contributed by atoms with E-state index >= 15 is 0 Å². The molecule has 2 heterocycles. The van der Waals surface area contributed by atoms with E-state index in [9.17, 15) is 13.2 Å². The number of nitrogens with one attached hydrogen (secondary N) is 1. The van der Waals surface area contributed by atoms with Gasteiger partial charge < -0.3 is 0 Å². The van der Waals surface area contributed by atoms with Crippen LogP contribution >= 0.6 is 11.3 Å². The number of nitriles is 1. The summed E-state index contributed by atoms with van der Waals surface area (Å²) in [5, 5.41) is 19.2. The lowest BCUT2D eigenvalue weighted by Crippen LogP contribution is -2.03. The second-order valence-electron chi connectivity index (χ2n) is 3.99. The Bertz CT molecular complexity index is 825. The maximum Gasteiger partial charge on any atom is 0.416 e. The fourth-order valence-corrected chi connectivity index (χ4v) is 2.85. The van der Waals surface area contributed by atoms with Gasteiger partial charge in [0, 0.05) is 4.70 Å². The van der Waals surface area contributed by atoms with Gasteiger partial charge >= 0.3 is 6.18 Å². The largest absolute Gasteiger partial charge is 0.416 e. The SMILES string of the molecule is N#Cc1n[nH]nc1-c1cc2cc(C(F)(F)F)ccc2s1. The van der Waals surface area contributed by atoms with Gasteiger partial charge in [-0.15, -0.1) is 16.4 Å². The summed E-state index contributed by atoms with van der Waals surface area (Å²) < 4.78 is 38.6. The maximum absolute atomic E-state index is 12.6. The van der Waals surface area contributed by atoms with Crippen LogP contribution in [0.15, 0.2) is 24.3 Å². The first-order chi connectivity index (χ1) is 9.49. The molecule has 0 saturated heterocycles. The number of thiophene rings is 1. The molecule has 1 aromatic carbocycles. The fraction of sp³-hybridized carbons (Fsp3) is 0.0833. The van der Waals surface area contributed by atoms with Crippen LogP contribution in [0.25, 0.3) is 20.7 Å². The van der Waals surface area contributed by atoms with Crippen molar-refractivity contribution in [1.29, 1.82) is 5.26 Å². The van der Waals surface area contributed by atoms with Crippen molar-refractivity contribution in [2.45, 2.75) is 6.18 Å². The van der Waals surface area contributed by atoms with E-state index < -0.39 is 11.7 Å². The van der Waals surface area contributed by atoms with E-state index in [0.717, 1.165) is 12.1 Å². The molecule has 0 aliphatic heterocycles. The molecule has 0 spiro atoms. The van der Waals surface area contributed by atoms with Gasteiger partial charge in [0.25, 0.3) is 0 Å². The Morgan fingerprint density at radius 1 is 1.20 bits per heavy atom. The lowest BCUT2D eigenvalue weighted by Gasteiger charge is -2.05. The molecule has 0 bridgehead atoms. The summed E-state index contributed by atoms with van der Waals surface area (Å²) in [6, 6.07) is 6.99. The second-order valence-corrected chi connectivity index (χ2v) is 5.08. The molecule has 3 aromatic rings. The van der Waals surface area contributed by atoms with Crippen LogP contribution in [0.3, 0.4) is 0 Å². The van der Waals surface area contributed by atoms with Crippen molar-refractivity contribution in [2.24, 2.45) is 0 Å². The van der Waals surface area contributed by atoms with E-state index in [0.29, 0.717) is 20.7 Å². The highest BCUT2D eigenvalue weighted by Crippen LogP contribution is 2.37. The number of halogens is 3. The van der Waals surface area contributed by atoms with Crippen molar-refractivity contribution in [3.05, 3.63) is 35.5 Å². The van der Waals surface area contributed by atoms with Gasteiger partial charge in [-0.05, 0) is 29.7 Å². The summed E-state index contributed by atoms with van der Waals surface area (Å²) >= 11 is 1.26. The topological polar surface area (TPSA) is 65.4 Å². The molecule has 2 aromatic heterocycles. The van der Waals surface area contributed by atoms with Gasteiger partial charge in [-0.25, -0.2) is 0 Å². The molecule has 0 aliphatic rings. The first-order valence-corrected chi connectivity index (χ1v) is 6.23. The Labute approximate surface area is 114 Å². The Hall–Kier alpha value is -2.40. The predicted molar refractivity (Wildman–Crippen MR) is 66.9 cm³/mol. The van der Waals surface area contributed by atoms with Gasteiger partial charge in [0.15, 0.2) is 5.69 Å². The number of alkyl halides is 3. The monoisotopic (exact) mass is 294 g/mol. The smallest absolute Gasteiger partial charge is 0.196 e. The molecule has 20 heavy (non-hydrogen) atoms. The average molecular weight is 294 g/mol. The van der Waals surface area contributed by atoms with Gasteiger partial charge in [-0.1, -0.05) is 0 Å². The predicted octanol–water partition coefficient (Wildman–Crippen LogP) is 3.58. The van der Waals surface area contributed by atoms with E-state index in [2.05, 4.69) is 15.4 Å². The van der Waals surface area contributed by atoms with Gasteiger partial charge in [-0.2, -0.15) is 28.7 Å². The number of benzene rings is 1. The van der Waals surface area contributed by atoms with Crippen LogP contribution < -0.4 is 0 Å². The molecule has 0 saturated carbocycles. The van der Waals surface area contributed by atoms with E-state index in [1.807, 2.05) is 6.07 Å². The zero-order valence-electron chi connectivity index (χ0n) is 9.69. The number of H-pyrrole nitrogens is 1. The van der Waals surface area contributed by atoms with Gasteiger partial charge in [0.05, 0.1) is 10.4 Å². The number of hydrogen-bond donors (Lipinski definition) is 1. The molecule has 0 unspecified atom stereocenters. The number of aromatic nitrogens is 3. The fourth-order valence-electron chi connectivity index (χ4n) is 1.82. The third-order valence-electron chi connectivity index (χ3n) is 2.73. The van der Waals surface area contributed by atoms with Crippen LogP contribution in [0.5, 0.6) is 0 Å². The first kappa shape index (κ1) is 12.6. The van der Waals surface area contributed by atoms with E-state index in [1.54, 1.807) is 6.07 Å². The van der Waals surface area contributed by atoms with Crippen LogP contribution in [0.4, 0.5) is 13.2 Å². The molecule has 0 atom stereocenters. The Balaban J connectivity index is 2.15. The van der Waals surface area contributed by atoms with Crippen LogP contribution in [0, 0.1) is 11.3 Å². The minimum Gasteiger partial charge on any atom is -0.196 e. The Morgan fingerprint density at radius 3 is 2.70 bits per heavy atom. The van der Waals surface area contributed by atoms with Gasteiger partial charge in [-0.3, -0.25) is 0 Å². The second kappa shape index (κ2) is 4.31. The summed E-state index contributed by atoms with van der Waals surface area (Å²) in [7, 11) is 0. The van der Waals surface area contributed by atoms with Crippen molar-refractivity contribution < 1.29 is 13.2 Å². The summed E-state index contributed by atoms with van der Waals surface area (Å²) in [5.74, 6) is 0. The molecule has 8 heteroatoms. The lowest BCUT2D eigenvalue weighted by atomic mass is 10.1. The highest BCUT2D eigenvalue weighted by Gasteiger charge is 2.30. The van der Waals surface area contributed by atoms with Crippen LogP contribution in [-0.2, 0) is 6.18 Å². The first-order valence-electron chi connectivity index (χ1n) is 5.41. The molecule has 0 amide bonds. The molecule has 0 fully saturated rings. The Morgan fingerprint density at radius 2 is 2.00 bits per heavy atom. The van der Waals surface area contributed by atoms with Crippen LogP contribution in [0.1, 0.15) is 11.3 Å². The van der Waals surface area contributed by atoms with E-state index in [1.165, 1.54) is 17.4 Å². The van der Waals surface area contributed by atoms with Crippen molar-refractivity contribution in [3.63, 3.8) is 0 Å². The van der Waals surface area contributed by atoms with Crippen molar-refractivity contribution >= 4 is 21.4 Å². The van der Waals surface area contributed by atoms with Crippen LogP contribution in [-0.4, -0.2) is 15.4 Å². The third-order valence-corrected chi connectivity index (χ3v) is 3.85. The standard InChI is InChI=1S/C12H5F3N4S/c13-12(14,15)7-1-2-9-6(3-7)4-10(20-9)11-8(5-16)17-19-18-11/h1-4H,(H,17,18,19). The molecular formula is C12H5F3N4S. The normalized spacial score (nSPS) is 11.7. The molecule has 3 rings (SSSR count). The maximum atomic E-state index is 12.6. The minimum absolute atomic E-state index is 0.118. The van der Waals surface area contributed by atoms with Crippen molar-refractivity contribution in [3.8, 4) is 16.6 Å². The Kier molecular flexibility index (Phi) is 2.72. The van der Waals surface area contributed by atoms with Crippen molar-refractivity contribution in [1.82, 2.24) is 15.4 Å². The number of nitrogens with zero attached hydrogens (tertiary/aromatic N) is 3. The summed E-state index contributed by atoms with van der Waals surface area (Å²) in [4.78, 5) is 0.602. The number of rotatable bonds is 1. The zero-order valence-corrected chi connectivity index (χ0v) is 10.5. The molecule has 100 valence electrons. The minimum atomic E-state index is -4.37. The summed E-state index contributed by atoms with van der Waals surface area (Å²) in [5.41, 5.74) is -0.232. The zero-order chi connectivity index (χ0) is 14.3. The third kappa shape index (κ3) is 2.02. The number of hydrogen-bond acceptors (Lipinski definition) is 4. The van der Waals surface area contributed by atoms with E-state index in [-0.39, 0.29) is 5.69 Å². The average Bonchev–Trinajstić information content (AvgIpc) is 3.02. The quantitative estimate of drug-likeness (QED) is 0.746. The molecule has 1 N–H and O–H groups in total. The van der Waals surface area contributed by atoms with Crippen molar-refractivity contribution in [2.75, 3.05) is 0 Å². The lowest BCUT2D eigenvalue weighted by molar-refractivity contribution is -0.137.